The second-order valence-electron chi connectivity index (χ2n) is 5.05. The Morgan fingerprint density at radius 2 is 1.46 bits per heavy atom. The summed E-state index contributed by atoms with van der Waals surface area (Å²) in [7, 11) is 0. The van der Waals surface area contributed by atoms with Crippen molar-refractivity contribution in [3.8, 4) is 0 Å². The van der Waals surface area contributed by atoms with E-state index >= 15 is 0 Å². The molecule has 0 unspecified atom stereocenters. The molecule has 2 fully saturated rings. The topological polar surface area (TPSA) is 48.8 Å². The van der Waals surface area contributed by atoms with Gasteiger partial charge in [0.05, 0.1) is 6.21 Å². The molecule has 1 aromatic carbocycles. The summed E-state index contributed by atoms with van der Waals surface area (Å²) >= 11 is 5.07. The van der Waals surface area contributed by atoms with E-state index in [0.29, 0.717) is 5.11 Å². The van der Waals surface area contributed by atoms with Gasteiger partial charge in [0.1, 0.15) is 0 Å². The van der Waals surface area contributed by atoms with Crippen LogP contribution in [0.4, 0.5) is 0 Å². The van der Waals surface area contributed by atoms with E-state index in [4.69, 9.17) is 12.2 Å². The first-order valence-electron chi connectivity index (χ1n) is 7.83. The minimum Gasteiger partial charge on any atom is -0.252 e. The number of nitrogens with one attached hydrogen (secondary N) is 2. The van der Waals surface area contributed by atoms with Crippen molar-refractivity contribution >= 4 is 29.3 Å². The van der Waals surface area contributed by atoms with Gasteiger partial charge in [-0.05, 0) is 82.5 Å². The van der Waals surface area contributed by atoms with Crippen LogP contribution in [0.5, 0.6) is 0 Å². The van der Waals surface area contributed by atoms with Crippen molar-refractivity contribution in [2.24, 2.45) is 10.2 Å². The monoisotopic (exact) mass is 404 g/mol. The van der Waals surface area contributed by atoms with Gasteiger partial charge in [-0.15, -0.1) is 0 Å². The molecule has 0 aromatic heterocycles. The second-order valence-corrected chi connectivity index (χ2v) is 5.46. The largest absolute Gasteiger partial charge is 2.00 e. The molecule has 0 spiro atoms. The molecule has 1 aromatic rings. The maximum atomic E-state index is 5.07. The summed E-state index contributed by atoms with van der Waals surface area (Å²) in [6, 6.07) is 9.77. The Bertz CT molecular complexity index is 557. The second kappa shape index (κ2) is 13.9. The van der Waals surface area contributed by atoms with Gasteiger partial charge in [-0.25, -0.2) is 0 Å². The summed E-state index contributed by atoms with van der Waals surface area (Å²) < 4.78 is 0. The first kappa shape index (κ1) is 22.8. The minimum absolute atomic E-state index is 0. The van der Waals surface area contributed by atoms with E-state index in [0.717, 1.165) is 17.2 Å². The van der Waals surface area contributed by atoms with Gasteiger partial charge in [0, 0.05) is 11.6 Å². The van der Waals surface area contributed by atoms with Crippen molar-refractivity contribution in [3.63, 3.8) is 0 Å². The molecule has 10 radical (unpaired) electrons. The summed E-state index contributed by atoms with van der Waals surface area (Å²) in [6.45, 7) is 1.91. The number of benzene rings is 1. The zero-order chi connectivity index (χ0) is 17.7. The van der Waals surface area contributed by atoms with Crippen LogP contribution >= 0.6 is 12.2 Å². The van der Waals surface area contributed by atoms with E-state index in [9.17, 15) is 0 Å². The average molecular weight is 404 g/mol. The fourth-order valence-corrected chi connectivity index (χ4v) is 1.96. The van der Waals surface area contributed by atoms with Crippen LogP contribution in [0.2, 0.25) is 0 Å². The van der Waals surface area contributed by atoms with Gasteiger partial charge < -0.3 is 0 Å². The molecule has 0 amide bonds. The van der Waals surface area contributed by atoms with Crippen LogP contribution in [0, 0.1) is 63.7 Å². The van der Waals surface area contributed by atoms with Gasteiger partial charge in [-0.2, -0.15) is 10.2 Å². The molecule has 4 nitrogen and oxygen atoms in total. The van der Waals surface area contributed by atoms with E-state index in [2.05, 4.69) is 21.1 Å². The standard InChI is InChI=1S/C15H15N4S.C5H5.Fe/c1-12(14-9-5-6-10-14)17-19-15(20)18-16-11-13-7-3-2-4-8-13;1-2-4-5-3-1;/h2-11H,1H3,(H2,18,19,20);1-5H;/q;;+2/b16-11+,17-12+;;. The smallest absolute Gasteiger partial charge is 0.252 e. The third kappa shape index (κ3) is 9.46. The number of hydrazone groups is 2. The zero-order valence-electron chi connectivity index (χ0n) is 14.3. The first-order chi connectivity index (χ1) is 12.3. The third-order valence-corrected chi connectivity index (χ3v) is 3.32. The Morgan fingerprint density at radius 3 is 2.04 bits per heavy atom. The fraction of sp³-hybridized carbons (Fsp3) is 0.0500. The fourth-order valence-electron chi connectivity index (χ4n) is 1.86. The number of thiocarbonyl (C=S) groups is 1. The number of nitrogens with zero attached hydrogens (tertiary/aromatic N) is 2. The Balaban J connectivity index is 0.000000486. The molecular formula is C20H20FeN4S+2. The predicted octanol–water partition coefficient (Wildman–Crippen LogP) is 3.28. The van der Waals surface area contributed by atoms with E-state index in [1.807, 2.05) is 95.0 Å². The SMILES string of the molecule is C/C(=N\NC(=S)N/N=C/c1ccccc1)[C]1[CH][CH][CH][CH]1.[CH]1[CH][CH][CH][CH]1.[Fe+2]. The van der Waals surface area contributed by atoms with Crippen molar-refractivity contribution in [1.29, 1.82) is 0 Å². The summed E-state index contributed by atoms with van der Waals surface area (Å²) in [5, 5.41) is 8.57. The minimum atomic E-state index is 0. The molecule has 2 N–H and O–H groups in total. The summed E-state index contributed by atoms with van der Waals surface area (Å²) in [5.74, 6) is 1.06. The molecule has 6 heteroatoms. The van der Waals surface area contributed by atoms with E-state index in [1.54, 1.807) is 6.21 Å². The predicted molar refractivity (Wildman–Crippen MR) is 108 cm³/mol. The Kier molecular flexibility index (Phi) is 12.2. The first-order valence-corrected chi connectivity index (χ1v) is 8.23. The summed E-state index contributed by atoms with van der Waals surface area (Å²) in [6.07, 6.45) is 19.6. The van der Waals surface area contributed by atoms with Crippen LogP contribution < -0.4 is 10.9 Å². The molecule has 0 atom stereocenters. The maximum Gasteiger partial charge on any atom is 2.00 e. The number of rotatable bonds is 4. The van der Waals surface area contributed by atoms with Gasteiger partial charge in [-0.1, -0.05) is 30.3 Å². The normalized spacial score (nSPS) is 17.3. The van der Waals surface area contributed by atoms with Crippen LogP contribution in [0.15, 0.2) is 40.5 Å². The molecule has 2 aliphatic carbocycles. The van der Waals surface area contributed by atoms with Crippen LogP contribution in [0.1, 0.15) is 12.5 Å². The molecule has 2 aliphatic rings. The molecule has 0 aliphatic heterocycles. The van der Waals surface area contributed by atoms with E-state index in [-0.39, 0.29) is 17.1 Å². The van der Waals surface area contributed by atoms with Crippen LogP contribution in [-0.4, -0.2) is 17.0 Å². The van der Waals surface area contributed by atoms with Gasteiger partial charge in [0.2, 0.25) is 5.11 Å². The molecule has 0 bridgehead atoms. The van der Waals surface area contributed by atoms with E-state index in [1.165, 1.54) is 0 Å². The van der Waals surface area contributed by atoms with E-state index < -0.39 is 0 Å². The summed E-state index contributed by atoms with van der Waals surface area (Å²) in [4.78, 5) is 0. The van der Waals surface area contributed by atoms with Gasteiger partial charge >= 0.3 is 17.1 Å². The molecule has 132 valence electrons. The quantitative estimate of drug-likeness (QED) is 0.351. The molecule has 2 saturated carbocycles. The summed E-state index contributed by atoms with van der Waals surface area (Å²) in [5.41, 5.74) is 7.33. The van der Waals surface area contributed by atoms with Crippen LogP contribution in [0.25, 0.3) is 0 Å². The average Bonchev–Trinajstić information content (AvgIpc) is 3.36. The van der Waals surface area contributed by atoms with Gasteiger partial charge in [-0.3, -0.25) is 10.9 Å². The van der Waals surface area contributed by atoms with Crippen molar-refractivity contribution in [2.75, 3.05) is 0 Å². The maximum absolute atomic E-state index is 5.07. The van der Waals surface area contributed by atoms with Crippen LogP contribution in [0.3, 0.4) is 0 Å². The molecule has 26 heavy (non-hydrogen) atoms. The van der Waals surface area contributed by atoms with Crippen molar-refractivity contribution in [3.05, 3.63) is 99.6 Å². The molecule has 3 rings (SSSR count). The number of hydrogen-bond acceptors (Lipinski definition) is 3. The molecule has 0 saturated heterocycles. The Labute approximate surface area is 173 Å². The van der Waals surface area contributed by atoms with Crippen LogP contribution in [-0.2, 0) is 17.1 Å². The van der Waals surface area contributed by atoms with Crippen molar-refractivity contribution < 1.29 is 17.1 Å². The zero-order valence-corrected chi connectivity index (χ0v) is 16.2. The molecule has 0 heterocycles. The number of hydrogen-bond donors (Lipinski definition) is 2. The van der Waals surface area contributed by atoms with Gasteiger partial charge in [0.15, 0.2) is 0 Å². The third-order valence-electron chi connectivity index (χ3n) is 3.14. The van der Waals surface area contributed by atoms with Gasteiger partial charge in [0.25, 0.3) is 0 Å². The Hall–Kier alpha value is -1.23. The molecular weight excluding hydrogens is 384 g/mol. The van der Waals surface area contributed by atoms with Crippen molar-refractivity contribution in [2.45, 2.75) is 6.92 Å². The Morgan fingerprint density at radius 1 is 0.885 bits per heavy atom. The van der Waals surface area contributed by atoms with Crippen molar-refractivity contribution in [1.82, 2.24) is 10.9 Å².